The molecule has 1 heterocycles. The average Bonchev–Trinajstić information content (AvgIpc) is 2.99. The lowest BCUT2D eigenvalue weighted by molar-refractivity contribution is 0.179. The number of carbonyl (C=O) groups excluding carboxylic acids is 1. The molecule has 22 heavy (non-hydrogen) atoms. The highest BCUT2D eigenvalue weighted by atomic mass is 35.5. The zero-order valence-corrected chi connectivity index (χ0v) is 12.9. The van der Waals surface area contributed by atoms with E-state index in [9.17, 15) is 4.79 Å². The highest BCUT2D eigenvalue weighted by Crippen LogP contribution is 2.19. The lowest BCUT2D eigenvalue weighted by Crippen LogP contribution is -2.41. The Morgan fingerprint density at radius 3 is 3.00 bits per heavy atom. The van der Waals surface area contributed by atoms with Gasteiger partial charge in [-0.15, -0.1) is 0 Å². The molecule has 2 amide bonds. The van der Waals surface area contributed by atoms with Crippen molar-refractivity contribution in [1.29, 1.82) is 0 Å². The van der Waals surface area contributed by atoms with E-state index in [1.807, 2.05) is 13.0 Å². The van der Waals surface area contributed by atoms with Crippen LogP contribution in [0.15, 0.2) is 28.8 Å². The number of likely N-dealkylation sites (N-methyl/N-ethyl adjacent to an activating group) is 1. The molecular weight excluding hydrogens is 308 g/mol. The van der Waals surface area contributed by atoms with Gasteiger partial charge in [0.15, 0.2) is 0 Å². The standard InChI is InChI=1S/C14H17ClN4O3/c1-2-19(6-7-20)14(21)16-9-12-17-13(18-22-12)10-4-3-5-11(15)8-10/h3-5,8,20H,2,6-7,9H2,1H3,(H,16,21). The summed E-state index contributed by atoms with van der Waals surface area (Å²) in [5.74, 6) is 0.706. The minimum absolute atomic E-state index is 0.0826. The van der Waals surface area contributed by atoms with Crippen LogP contribution >= 0.6 is 11.6 Å². The Kier molecular flexibility index (Phi) is 5.74. The molecule has 0 saturated carbocycles. The fraction of sp³-hybridized carbons (Fsp3) is 0.357. The van der Waals surface area contributed by atoms with E-state index in [-0.39, 0.29) is 25.7 Å². The van der Waals surface area contributed by atoms with Gasteiger partial charge >= 0.3 is 6.03 Å². The van der Waals surface area contributed by atoms with Crippen molar-refractivity contribution >= 4 is 17.6 Å². The minimum atomic E-state index is -0.293. The van der Waals surface area contributed by atoms with Gasteiger partial charge in [0.2, 0.25) is 11.7 Å². The molecule has 0 aliphatic carbocycles. The first-order chi connectivity index (χ1) is 10.6. The number of aliphatic hydroxyl groups is 1. The number of hydrogen-bond donors (Lipinski definition) is 2. The van der Waals surface area contributed by atoms with E-state index in [1.165, 1.54) is 4.90 Å². The molecule has 1 aromatic carbocycles. The lowest BCUT2D eigenvalue weighted by atomic mass is 10.2. The van der Waals surface area contributed by atoms with E-state index < -0.39 is 0 Å². The van der Waals surface area contributed by atoms with E-state index in [1.54, 1.807) is 18.2 Å². The number of aromatic nitrogens is 2. The zero-order chi connectivity index (χ0) is 15.9. The molecule has 2 N–H and O–H groups in total. The predicted octanol–water partition coefficient (Wildman–Crippen LogP) is 1.91. The Balaban J connectivity index is 1.96. The molecule has 2 aromatic rings. The maximum atomic E-state index is 11.9. The van der Waals surface area contributed by atoms with Crippen molar-refractivity contribution in [2.24, 2.45) is 0 Å². The maximum Gasteiger partial charge on any atom is 0.317 e. The SMILES string of the molecule is CCN(CCO)C(=O)NCc1nc(-c2cccc(Cl)c2)no1. The molecule has 1 aromatic heterocycles. The lowest BCUT2D eigenvalue weighted by Gasteiger charge is -2.19. The van der Waals surface area contributed by atoms with Crippen molar-refractivity contribution in [2.75, 3.05) is 19.7 Å². The first-order valence-corrected chi connectivity index (χ1v) is 7.24. The second-order valence-corrected chi connectivity index (χ2v) is 4.92. The number of halogens is 1. The summed E-state index contributed by atoms with van der Waals surface area (Å²) in [7, 11) is 0. The van der Waals surface area contributed by atoms with E-state index in [4.69, 9.17) is 21.2 Å². The number of aliphatic hydroxyl groups excluding tert-OH is 1. The van der Waals surface area contributed by atoms with Gasteiger partial charge in [0, 0.05) is 23.7 Å². The van der Waals surface area contributed by atoms with Crippen molar-refractivity contribution in [3.63, 3.8) is 0 Å². The average molecular weight is 325 g/mol. The first-order valence-electron chi connectivity index (χ1n) is 6.86. The number of rotatable bonds is 6. The molecule has 0 atom stereocenters. The number of nitrogens with zero attached hydrogens (tertiary/aromatic N) is 3. The van der Waals surface area contributed by atoms with E-state index >= 15 is 0 Å². The monoisotopic (exact) mass is 324 g/mol. The second-order valence-electron chi connectivity index (χ2n) is 4.48. The van der Waals surface area contributed by atoms with E-state index in [2.05, 4.69) is 15.5 Å². The topological polar surface area (TPSA) is 91.5 Å². The smallest absolute Gasteiger partial charge is 0.317 e. The van der Waals surface area contributed by atoms with Gasteiger partial charge in [-0.25, -0.2) is 4.79 Å². The Morgan fingerprint density at radius 1 is 1.50 bits per heavy atom. The van der Waals surface area contributed by atoms with Crippen molar-refractivity contribution < 1.29 is 14.4 Å². The fourth-order valence-corrected chi connectivity index (χ4v) is 2.05. The number of carbonyl (C=O) groups is 1. The Labute approximate surface area is 132 Å². The summed E-state index contributed by atoms with van der Waals surface area (Å²) in [5, 5.41) is 16.0. The van der Waals surface area contributed by atoms with Crippen LogP contribution in [0.1, 0.15) is 12.8 Å². The Bertz CT molecular complexity index is 632. The molecule has 0 aliphatic rings. The molecule has 0 aliphatic heterocycles. The van der Waals surface area contributed by atoms with Gasteiger partial charge in [-0.05, 0) is 19.1 Å². The molecular formula is C14H17ClN4O3. The van der Waals surface area contributed by atoms with Crippen LogP contribution in [-0.2, 0) is 6.54 Å². The minimum Gasteiger partial charge on any atom is -0.395 e. The summed E-state index contributed by atoms with van der Waals surface area (Å²) in [6.45, 7) is 2.65. The Hall–Kier alpha value is -2.12. The summed E-state index contributed by atoms with van der Waals surface area (Å²) in [6.07, 6.45) is 0. The summed E-state index contributed by atoms with van der Waals surface area (Å²) in [5.41, 5.74) is 0.740. The van der Waals surface area contributed by atoms with Gasteiger partial charge in [-0.3, -0.25) is 0 Å². The maximum absolute atomic E-state index is 11.9. The number of nitrogens with one attached hydrogen (secondary N) is 1. The fourth-order valence-electron chi connectivity index (χ4n) is 1.86. The van der Waals surface area contributed by atoms with Crippen LogP contribution in [0.5, 0.6) is 0 Å². The molecule has 8 heteroatoms. The van der Waals surface area contributed by atoms with Crippen LogP contribution in [0.4, 0.5) is 4.79 Å². The van der Waals surface area contributed by atoms with Crippen LogP contribution in [0.25, 0.3) is 11.4 Å². The summed E-state index contributed by atoms with van der Waals surface area (Å²) < 4.78 is 5.10. The summed E-state index contributed by atoms with van der Waals surface area (Å²) in [6, 6.07) is 6.81. The third-order valence-corrected chi connectivity index (χ3v) is 3.22. The van der Waals surface area contributed by atoms with Gasteiger partial charge in [-0.1, -0.05) is 28.9 Å². The quantitative estimate of drug-likeness (QED) is 0.847. The number of benzene rings is 1. The van der Waals surface area contributed by atoms with Crippen molar-refractivity contribution in [2.45, 2.75) is 13.5 Å². The molecule has 0 radical (unpaired) electrons. The van der Waals surface area contributed by atoms with E-state index in [0.29, 0.717) is 23.3 Å². The third kappa shape index (κ3) is 4.19. The highest BCUT2D eigenvalue weighted by Gasteiger charge is 2.13. The van der Waals surface area contributed by atoms with Crippen molar-refractivity contribution in [1.82, 2.24) is 20.4 Å². The summed E-state index contributed by atoms with van der Waals surface area (Å²) >= 11 is 5.92. The van der Waals surface area contributed by atoms with E-state index in [0.717, 1.165) is 5.56 Å². The Morgan fingerprint density at radius 2 is 2.32 bits per heavy atom. The van der Waals surface area contributed by atoms with Gasteiger partial charge in [0.05, 0.1) is 13.2 Å². The van der Waals surface area contributed by atoms with Gasteiger partial charge < -0.3 is 19.8 Å². The summed E-state index contributed by atoms with van der Waals surface area (Å²) in [4.78, 5) is 17.5. The first kappa shape index (κ1) is 16.3. The van der Waals surface area contributed by atoms with Crippen LogP contribution in [0, 0.1) is 0 Å². The number of urea groups is 1. The predicted molar refractivity (Wildman–Crippen MR) is 81.3 cm³/mol. The molecule has 0 fully saturated rings. The number of amides is 2. The zero-order valence-electron chi connectivity index (χ0n) is 12.1. The molecule has 7 nitrogen and oxygen atoms in total. The van der Waals surface area contributed by atoms with Crippen LogP contribution < -0.4 is 5.32 Å². The van der Waals surface area contributed by atoms with Crippen LogP contribution in [-0.4, -0.2) is 45.9 Å². The van der Waals surface area contributed by atoms with Crippen molar-refractivity contribution in [3.8, 4) is 11.4 Å². The molecule has 2 rings (SSSR count). The highest BCUT2D eigenvalue weighted by molar-refractivity contribution is 6.30. The van der Waals surface area contributed by atoms with Gasteiger partial charge in [0.25, 0.3) is 0 Å². The largest absolute Gasteiger partial charge is 0.395 e. The normalized spacial score (nSPS) is 10.5. The van der Waals surface area contributed by atoms with Crippen LogP contribution in [0.3, 0.4) is 0 Å². The number of hydrogen-bond acceptors (Lipinski definition) is 5. The molecule has 0 spiro atoms. The molecule has 118 valence electrons. The van der Waals surface area contributed by atoms with Gasteiger partial charge in [-0.2, -0.15) is 4.98 Å². The second kappa shape index (κ2) is 7.77. The molecule has 0 unspecified atom stereocenters. The third-order valence-electron chi connectivity index (χ3n) is 2.98. The molecule has 0 bridgehead atoms. The van der Waals surface area contributed by atoms with Gasteiger partial charge in [0.1, 0.15) is 0 Å². The molecule has 0 saturated heterocycles. The van der Waals surface area contributed by atoms with Crippen molar-refractivity contribution in [3.05, 3.63) is 35.2 Å². The van der Waals surface area contributed by atoms with Crippen LogP contribution in [0.2, 0.25) is 5.02 Å².